The molecular formula is C29H24ClFN4O6S2. The number of carbonyl (C=O) groups excluding carboxylic acids is 1. The number of aryl methyl sites for hydroxylation is 1. The maximum Gasteiger partial charge on any atom is 0.282 e. The van der Waals surface area contributed by atoms with Gasteiger partial charge in [-0.05, 0) is 61.0 Å². The first-order valence-electron chi connectivity index (χ1n) is 12.6. The quantitative estimate of drug-likeness (QED) is 0.225. The fourth-order valence-electron chi connectivity index (χ4n) is 4.72. The lowest BCUT2D eigenvalue weighted by Gasteiger charge is -2.15. The molecule has 2 aromatic heterocycles. The fourth-order valence-corrected chi connectivity index (χ4v) is 6.49. The van der Waals surface area contributed by atoms with E-state index in [1.165, 1.54) is 53.2 Å². The van der Waals surface area contributed by atoms with E-state index in [0.29, 0.717) is 16.5 Å². The summed E-state index contributed by atoms with van der Waals surface area (Å²) in [4.78, 5) is 29.1. The minimum Gasteiger partial charge on any atom is -0.331 e. The van der Waals surface area contributed by atoms with Gasteiger partial charge >= 0.3 is 0 Å². The Labute approximate surface area is 251 Å². The molecule has 43 heavy (non-hydrogen) atoms. The molecule has 14 heteroatoms. The SMILES string of the molecule is Cc1ccc(S(=O)(=O)NC(=O)c2c(-c3ccc[nH]c3=O)c3cc(Cl)ccc3n2Cc2ccccc2F)cc1NS(C)(=O)=O. The van der Waals surface area contributed by atoms with Gasteiger partial charge in [-0.1, -0.05) is 35.9 Å². The van der Waals surface area contributed by atoms with E-state index in [1.54, 1.807) is 31.2 Å². The van der Waals surface area contributed by atoms with Crippen LogP contribution in [0.2, 0.25) is 5.02 Å². The van der Waals surface area contributed by atoms with Gasteiger partial charge in [-0.2, -0.15) is 0 Å². The highest BCUT2D eigenvalue weighted by atomic mass is 35.5. The Morgan fingerprint density at radius 3 is 2.44 bits per heavy atom. The Bertz CT molecular complexity index is 2190. The zero-order valence-electron chi connectivity index (χ0n) is 22.7. The first-order valence-corrected chi connectivity index (χ1v) is 16.4. The Morgan fingerprint density at radius 2 is 1.74 bits per heavy atom. The maximum absolute atomic E-state index is 14.8. The zero-order chi connectivity index (χ0) is 31.1. The molecule has 0 atom stereocenters. The zero-order valence-corrected chi connectivity index (χ0v) is 25.1. The lowest BCUT2D eigenvalue weighted by molar-refractivity contribution is 0.0974. The van der Waals surface area contributed by atoms with E-state index in [1.807, 2.05) is 4.72 Å². The number of sulfonamides is 2. The number of aromatic amines is 1. The molecule has 222 valence electrons. The van der Waals surface area contributed by atoms with Crippen LogP contribution in [0.5, 0.6) is 0 Å². The second kappa shape index (κ2) is 11.3. The van der Waals surface area contributed by atoms with Gasteiger partial charge in [0, 0.05) is 38.8 Å². The monoisotopic (exact) mass is 642 g/mol. The number of benzene rings is 3. The van der Waals surface area contributed by atoms with E-state index < -0.39 is 42.2 Å². The van der Waals surface area contributed by atoms with Gasteiger partial charge in [0.2, 0.25) is 10.0 Å². The largest absolute Gasteiger partial charge is 0.331 e. The summed E-state index contributed by atoms with van der Waals surface area (Å²) in [6.45, 7) is 1.39. The number of rotatable bonds is 8. The summed E-state index contributed by atoms with van der Waals surface area (Å²) in [7, 11) is -8.32. The molecule has 1 amide bonds. The lowest BCUT2D eigenvalue weighted by Crippen LogP contribution is -2.33. The lowest BCUT2D eigenvalue weighted by atomic mass is 10.0. The summed E-state index contributed by atoms with van der Waals surface area (Å²) in [5.74, 6) is -1.66. The number of anilines is 1. The number of H-pyrrole nitrogens is 1. The molecule has 0 unspecified atom stereocenters. The molecule has 0 saturated carbocycles. The Balaban J connectivity index is 1.72. The Kier molecular flexibility index (Phi) is 7.90. The smallest absolute Gasteiger partial charge is 0.282 e. The van der Waals surface area contributed by atoms with Crippen molar-refractivity contribution in [3.63, 3.8) is 0 Å². The maximum atomic E-state index is 14.8. The van der Waals surface area contributed by atoms with Gasteiger partial charge in [0.25, 0.3) is 21.5 Å². The average molecular weight is 643 g/mol. The molecular weight excluding hydrogens is 619 g/mol. The van der Waals surface area contributed by atoms with E-state index in [9.17, 15) is 30.8 Å². The first kappa shape index (κ1) is 30.0. The van der Waals surface area contributed by atoms with Crippen molar-refractivity contribution in [2.24, 2.45) is 0 Å². The number of hydrogen-bond donors (Lipinski definition) is 3. The number of nitrogens with one attached hydrogen (secondary N) is 3. The van der Waals surface area contributed by atoms with Crippen LogP contribution in [0.3, 0.4) is 0 Å². The van der Waals surface area contributed by atoms with Crippen molar-refractivity contribution in [1.82, 2.24) is 14.3 Å². The highest BCUT2D eigenvalue weighted by Gasteiger charge is 2.29. The normalized spacial score (nSPS) is 11.9. The summed E-state index contributed by atoms with van der Waals surface area (Å²) in [5, 5.41) is 0.646. The number of fused-ring (bicyclic) bond motifs is 1. The molecule has 5 rings (SSSR count). The van der Waals surface area contributed by atoms with Crippen LogP contribution < -0.4 is 15.0 Å². The number of hydrogen-bond acceptors (Lipinski definition) is 6. The predicted molar refractivity (Wildman–Crippen MR) is 163 cm³/mol. The van der Waals surface area contributed by atoms with Gasteiger partial charge in [0.05, 0.1) is 23.4 Å². The fraction of sp³-hybridized carbons (Fsp3) is 0.103. The number of carbonyl (C=O) groups is 1. The van der Waals surface area contributed by atoms with Gasteiger partial charge in [0.15, 0.2) is 0 Å². The van der Waals surface area contributed by atoms with E-state index in [-0.39, 0.29) is 39.6 Å². The highest BCUT2D eigenvalue weighted by Crippen LogP contribution is 2.36. The summed E-state index contributed by atoms with van der Waals surface area (Å²) in [6, 6.07) is 17.3. The molecule has 0 aliphatic heterocycles. The van der Waals surface area contributed by atoms with Crippen molar-refractivity contribution in [2.75, 3.05) is 11.0 Å². The molecule has 0 aliphatic rings. The van der Waals surface area contributed by atoms with Gasteiger partial charge < -0.3 is 9.55 Å². The van der Waals surface area contributed by atoms with E-state index in [0.717, 1.165) is 12.3 Å². The molecule has 5 aromatic rings. The van der Waals surface area contributed by atoms with Crippen molar-refractivity contribution in [1.29, 1.82) is 0 Å². The molecule has 0 aliphatic carbocycles. The number of nitrogens with zero attached hydrogens (tertiary/aromatic N) is 1. The van der Waals surface area contributed by atoms with Crippen LogP contribution in [-0.4, -0.2) is 38.5 Å². The number of amides is 1. The topological polar surface area (TPSA) is 147 Å². The Hall–Kier alpha value is -4.46. The summed E-state index contributed by atoms with van der Waals surface area (Å²) >= 11 is 6.30. The van der Waals surface area contributed by atoms with Crippen molar-refractivity contribution >= 4 is 54.1 Å². The minimum atomic E-state index is -4.59. The number of halogens is 2. The number of pyridine rings is 1. The highest BCUT2D eigenvalue weighted by molar-refractivity contribution is 7.92. The third-order valence-electron chi connectivity index (χ3n) is 6.66. The molecule has 3 aromatic carbocycles. The predicted octanol–water partition coefficient (Wildman–Crippen LogP) is 4.64. The van der Waals surface area contributed by atoms with Crippen molar-refractivity contribution in [3.05, 3.63) is 117 Å². The molecule has 3 N–H and O–H groups in total. The summed E-state index contributed by atoms with van der Waals surface area (Å²) < 4.78 is 71.1. The van der Waals surface area contributed by atoms with Crippen LogP contribution in [0, 0.1) is 12.7 Å². The van der Waals surface area contributed by atoms with Gasteiger partial charge in [-0.3, -0.25) is 14.3 Å². The standard InChI is InChI=1S/C29H24ClFN4O6S2/c1-17-9-11-20(15-24(17)33-42(2,38)39)43(40,41)34-29(37)27-26(21-7-5-13-32-28(21)36)22-14-19(30)10-12-25(22)35(27)16-18-6-3-4-8-23(18)31/h3-15,33H,16H2,1-2H3,(H,32,36)(H,34,37). The van der Waals surface area contributed by atoms with E-state index in [4.69, 9.17) is 11.6 Å². The third-order valence-corrected chi connectivity index (χ3v) is 8.81. The molecule has 0 bridgehead atoms. The second-order valence-electron chi connectivity index (χ2n) is 9.76. The van der Waals surface area contributed by atoms with E-state index >= 15 is 0 Å². The van der Waals surface area contributed by atoms with Crippen molar-refractivity contribution in [2.45, 2.75) is 18.4 Å². The van der Waals surface area contributed by atoms with Crippen molar-refractivity contribution < 1.29 is 26.0 Å². The number of aromatic nitrogens is 2. The molecule has 10 nitrogen and oxygen atoms in total. The van der Waals surface area contributed by atoms with Crippen LogP contribution in [0.1, 0.15) is 21.6 Å². The van der Waals surface area contributed by atoms with Crippen LogP contribution in [-0.2, 0) is 26.6 Å². The third kappa shape index (κ3) is 6.19. The minimum absolute atomic E-state index is 0.0117. The second-order valence-corrected chi connectivity index (χ2v) is 13.6. The van der Waals surface area contributed by atoms with Gasteiger partial charge in [-0.15, -0.1) is 0 Å². The molecule has 0 saturated heterocycles. The average Bonchev–Trinajstić information content (AvgIpc) is 3.23. The van der Waals surface area contributed by atoms with E-state index in [2.05, 4.69) is 9.71 Å². The summed E-state index contributed by atoms with van der Waals surface area (Å²) in [6.07, 6.45) is 2.32. The molecule has 0 radical (unpaired) electrons. The van der Waals surface area contributed by atoms with Crippen LogP contribution in [0.25, 0.3) is 22.0 Å². The van der Waals surface area contributed by atoms with Crippen LogP contribution >= 0.6 is 11.6 Å². The van der Waals surface area contributed by atoms with Crippen molar-refractivity contribution in [3.8, 4) is 11.1 Å². The molecule has 0 fully saturated rings. The van der Waals surface area contributed by atoms with Gasteiger partial charge in [-0.25, -0.2) is 25.9 Å². The van der Waals surface area contributed by atoms with Crippen LogP contribution in [0.4, 0.5) is 10.1 Å². The molecule has 2 heterocycles. The first-order chi connectivity index (χ1) is 20.2. The van der Waals surface area contributed by atoms with Gasteiger partial charge in [0.1, 0.15) is 11.5 Å². The van der Waals surface area contributed by atoms with Crippen LogP contribution in [0.15, 0.2) is 88.7 Å². The molecule has 0 spiro atoms. The Morgan fingerprint density at radius 1 is 1.00 bits per heavy atom. The summed E-state index contributed by atoms with van der Waals surface area (Å²) in [5.41, 5.74) is 0.409.